The topological polar surface area (TPSA) is 84.5 Å². The van der Waals surface area contributed by atoms with E-state index in [1.165, 1.54) is 13.8 Å². The Morgan fingerprint density at radius 3 is 2.57 bits per heavy atom. The first-order valence-electron chi connectivity index (χ1n) is 4.18. The zero-order valence-electron chi connectivity index (χ0n) is 8.07. The molecule has 1 saturated heterocycles. The van der Waals surface area contributed by atoms with Gasteiger partial charge < -0.3 is 9.84 Å². The zero-order valence-corrected chi connectivity index (χ0v) is 8.97. The van der Waals surface area contributed by atoms with Crippen LogP contribution in [0.5, 0.6) is 0 Å². The Kier molecular flexibility index (Phi) is 3.29. The van der Waals surface area contributed by atoms with Gasteiger partial charge in [0.15, 0.2) is 7.37 Å². The molecule has 0 aromatic rings. The lowest BCUT2D eigenvalue weighted by Gasteiger charge is -2.12. The SMILES string of the molecule is COP(C)(=O)CC[C@@H]1NC(=O)NC1=O. The van der Waals surface area contributed by atoms with Gasteiger partial charge in [-0.15, -0.1) is 0 Å². The van der Waals surface area contributed by atoms with Crippen LogP contribution >= 0.6 is 7.37 Å². The minimum absolute atomic E-state index is 0.280. The summed E-state index contributed by atoms with van der Waals surface area (Å²) in [5.74, 6) is -0.369. The van der Waals surface area contributed by atoms with Crippen LogP contribution in [-0.2, 0) is 13.9 Å². The van der Waals surface area contributed by atoms with Crippen LogP contribution in [-0.4, -0.2) is 37.9 Å². The number of imide groups is 1. The maximum atomic E-state index is 11.5. The van der Waals surface area contributed by atoms with E-state index in [4.69, 9.17) is 4.52 Å². The molecule has 0 aromatic carbocycles. The van der Waals surface area contributed by atoms with Crippen molar-refractivity contribution < 1.29 is 18.7 Å². The molecule has 0 radical (unpaired) electrons. The average Bonchev–Trinajstić information content (AvgIpc) is 2.42. The molecule has 0 aromatic heterocycles. The molecule has 0 saturated carbocycles. The Bertz CT molecular complexity index is 304. The van der Waals surface area contributed by atoms with E-state index in [1.54, 1.807) is 0 Å². The Hall–Kier alpha value is -0.870. The number of hydrogen-bond donors (Lipinski definition) is 2. The van der Waals surface area contributed by atoms with E-state index >= 15 is 0 Å². The largest absolute Gasteiger partial charge is 0.332 e. The fourth-order valence-corrected chi connectivity index (χ4v) is 2.03. The van der Waals surface area contributed by atoms with E-state index < -0.39 is 19.4 Å². The van der Waals surface area contributed by atoms with Gasteiger partial charge in [0, 0.05) is 19.9 Å². The van der Waals surface area contributed by atoms with Gasteiger partial charge in [-0.2, -0.15) is 0 Å². The minimum atomic E-state index is -2.60. The fourth-order valence-electron chi connectivity index (χ4n) is 1.12. The van der Waals surface area contributed by atoms with Crippen LogP contribution in [0.25, 0.3) is 0 Å². The number of carbonyl (C=O) groups is 2. The first kappa shape index (κ1) is 11.2. The van der Waals surface area contributed by atoms with Crippen molar-refractivity contribution in [1.29, 1.82) is 0 Å². The Balaban J connectivity index is 2.43. The van der Waals surface area contributed by atoms with Crippen LogP contribution in [0, 0.1) is 0 Å². The van der Waals surface area contributed by atoms with Crippen LogP contribution in [0.3, 0.4) is 0 Å². The number of hydrogen-bond acceptors (Lipinski definition) is 4. The molecule has 6 nitrogen and oxygen atoms in total. The van der Waals surface area contributed by atoms with Crippen molar-refractivity contribution in [1.82, 2.24) is 10.6 Å². The van der Waals surface area contributed by atoms with E-state index in [2.05, 4.69) is 10.6 Å². The molecular formula is C7H13N2O4P. The minimum Gasteiger partial charge on any atom is -0.332 e. The summed E-state index contributed by atoms with van der Waals surface area (Å²) in [7, 11) is -1.23. The van der Waals surface area contributed by atoms with E-state index in [1.807, 2.05) is 0 Å². The third kappa shape index (κ3) is 2.82. The fraction of sp³-hybridized carbons (Fsp3) is 0.714. The highest BCUT2D eigenvalue weighted by Crippen LogP contribution is 2.42. The molecule has 3 amide bonds. The molecule has 7 heteroatoms. The highest BCUT2D eigenvalue weighted by atomic mass is 31.2. The normalized spacial score (nSPS) is 25.4. The summed E-state index contributed by atoms with van der Waals surface area (Å²) in [5, 5.41) is 4.53. The van der Waals surface area contributed by atoms with Gasteiger partial charge in [-0.1, -0.05) is 0 Å². The molecule has 1 heterocycles. The smallest absolute Gasteiger partial charge is 0.322 e. The lowest BCUT2D eigenvalue weighted by Crippen LogP contribution is -2.29. The summed E-state index contributed by atoms with van der Waals surface area (Å²) in [5.41, 5.74) is 0. The molecule has 2 N–H and O–H groups in total. The summed E-state index contributed by atoms with van der Waals surface area (Å²) in [6, 6.07) is -1.07. The van der Waals surface area contributed by atoms with Crippen molar-refractivity contribution in [3.8, 4) is 0 Å². The number of carbonyl (C=O) groups excluding carboxylic acids is 2. The van der Waals surface area contributed by atoms with Crippen molar-refractivity contribution in [2.75, 3.05) is 19.9 Å². The maximum absolute atomic E-state index is 11.5. The number of nitrogens with one attached hydrogen (secondary N) is 2. The second kappa shape index (κ2) is 4.11. The highest BCUT2D eigenvalue weighted by molar-refractivity contribution is 7.58. The molecule has 1 unspecified atom stereocenters. The van der Waals surface area contributed by atoms with E-state index in [9.17, 15) is 14.2 Å². The third-order valence-electron chi connectivity index (χ3n) is 2.07. The molecule has 2 atom stereocenters. The van der Waals surface area contributed by atoms with Gasteiger partial charge in [-0.3, -0.25) is 14.7 Å². The second-order valence-electron chi connectivity index (χ2n) is 3.22. The van der Waals surface area contributed by atoms with Gasteiger partial charge in [-0.05, 0) is 6.42 Å². The van der Waals surface area contributed by atoms with Gasteiger partial charge >= 0.3 is 6.03 Å². The molecule has 0 spiro atoms. The zero-order chi connectivity index (χ0) is 10.8. The standard InChI is InChI=1S/C7H13N2O4P/c1-13-14(2,12)4-3-5-6(10)9-7(11)8-5/h5H,3-4H2,1-2H3,(H2,8,9,10,11)/t5-,14?/m0/s1. The van der Waals surface area contributed by atoms with Gasteiger partial charge in [0.25, 0.3) is 5.91 Å². The predicted octanol–water partition coefficient (Wildman–Crippen LogP) is 0.139. The molecule has 14 heavy (non-hydrogen) atoms. The third-order valence-corrected chi connectivity index (χ3v) is 3.91. The molecular weight excluding hydrogens is 207 g/mol. The second-order valence-corrected chi connectivity index (χ2v) is 6.06. The summed E-state index contributed by atoms with van der Waals surface area (Å²) in [4.78, 5) is 21.8. The monoisotopic (exact) mass is 220 g/mol. The number of amides is 3. The quantitative estimate of drug-likeness (QED) is 0.521. The van der Waals surface area contributed by atoms with Crippen LogP contribution in [0.4, 0.5) is 4.79 Å². The van der Waals surface area contributed by atoms with Crippen molar-refractivity contribution in [3.05, 3.63) is 0 Å². The van der Waals surface area contributed by atoms with Gasteiger partial charge in [-0.25, -0.2) is 4.79 Å². The van der Waals surface area contributed by atoms with Gasteiger partial charge in [0.05, 0.1) is 0 Å². The van der Waals surface area contributed by atoms with Crippen molar-refractivity contribution in [3.63, 3.8) is 0 Å². The summed E-state index contributed by atoms with van der Waals surface area (Å²) < 4.78 is 16.2. The summed E-state index contributed by atoms with van der Waals surface area (Å²) in [6.45, 7) is 1.50. The lowest BCUT2D eigenvalue weighted by atomic mass is 10.2. The highest BCUT2D eigenvalue weighted by Gasteiger charge is 2.30. The van der Waals surface area contributed by atoms with Crippen LogP contribution in [0.1, 0.15) is 6.42 Å². The van der Waals surface area contributed by atoms with Gasteiger partial charge in [0.1, 0.15) is 6.04 Å². The Morgan fingerprint density at radius 1 is 1.50 bits per heavy atom. The summed E-state index contributed by atoms with van der Waals surface area (Å²) >= 11 is 0. The van der Waals surface area contributed by atoms with E-state index in [0.717, 1.165) is 0 Å². The van der Waals surface area contributed by atoms with E-state index in [0.29, 0.717) is 6.42 Å². The number of rotatable bonds is 4. The van der Waals surface area contributed by atoms with Crippen LogP contribution in [0.2, 0.25) is 0 Å². The molecule has 1 rings (SSSR count). The Morgan fingerprint density at radius 2 is 2.14 bits per heavy atom. The van der Waals surface area contributed by atoms with Crippen LogP contribution < -0.4 is 10.6 Å². The Labute approximate surface area is 81.8 Å². The van der Waals surface area contributed by atoms with Crippen molar-refractivity contribution in [2.45, 2.75) is 12.5 Å². The average molecular weight is 220 g/mol. The molecule has 80 valence electrons. The van der Waals surface area contributed by atoms with Crippen molar-refractivity contribution in [2.24, 2.45) is 0 Å². The lowest BCUT2D eigenvalue weighted by molar-refractivity contribution is -0.120. The molecule has 1 aliphatic heterocycles. The maximum Gasteiger partial charge on any atom is 0.322 e. The van der Waals surface area contributed by atoms with Gasteiger partial charge in [0.2, 0.25) is 0 Å². The first-order chi connectivity index (χ1) is 6.44. The molecule has 0 aliphatic carbocycles. The molecule has 0 bridgehead atoms. The number of urea groups is 1. The van der Waals surface area contributed by atoms with Crippen LogP contribution in [0.15, 0.2) is 0 Å². The van der Waals surface area contributed by atoms with E-state index in [-0.39, 0.29) is 12.1 Å². The molecule has 1 fully saturated rings. The summed E-state index contributed by atoms with van der Waals surface area (Å²) in [6.07, 6.45) is 0.612. The molecule has 1 aliphatic rings. The predicted molar refractivity (Wildman–Crippen MR) is 50.5 cm³/mol. The van der Waals surface area contributed by atoms with Crippen molar-refractivity contribution >= 4 is 19.3 Å². The first-order valence-corrected chi connectivity index (χ1v) is 6.44.